The molecule has 0 aliphatic heterocycles. The summed E-state index contributed by atoms with van der Waals surface area (Å²) in [6.07, 6.45) is 1.39. The van der Waals surface area contributed by atoms with E-state index in [1.165, 1.54) is 0 Å². The molecule has 1 aliphatic carbocycles. The molecule has 2 unspecified atom stereocenters. The van der Waals surface area contributed by atoms with Gasteiger partial charge in [-0.2, -0.15) is 5.26 Å². The molecule has 0 amide bonds. The lowest BCUT2D eigenvalue weighted by molar-refractivity contribution is -0.0975. The maximum Gasteiger partial charge on any atom is 0.0991 e. The van der Waals surface area contributed by atoms with Gasteiger partial charge in [0.2, 0.25) is 0 Å². The molecule has 96 valence electrons. The number of nitriles is 1. The Morgan fingerprint density at radius 2 is 2.06 bits per heavy atom. The summed E-state index contributed by atoms with van der Waals surface area (Å²) in [7, 11) is 0. The fourth-order valence-electron chi connectivity index (χ4n) is 2.46. The normalized spacial score (nSPS) is 25.0. The number of ether oxygens (including phenoxy) is 1. The van der Waals surface area contributed by atoms with Crippen LogP contribution in [0.5, 0.6) is 0 Å². The highest BCUT2D eigenvalue weighted by Crippen LogP contribution is 2.44. The lowest BCUT2D eigenvalue weighted by Crippen LogP contribution is -2.58. The predicted octanol–water partition coefficient (Wildman–Crippen LogP) is 3.17. The van der Waals surface area contributed by atoms with Crippen LogP contribution >= 0.6 is 0 Å². The Hall–Kier alpha value is -1.53. The van der Waals surface area contributed by atoms with Crippen LogP contribution in [0.4, 0.5) is 5.69 Å². The molecule has 1 saturated carbocycles. The van der Waals surface area contributed by atoms with Gasteiger partial charge in [0.1, 0.15) is 0 Å². The molecular weight excluding hydrogens is 224 g/mol. The fourth-order valence-corrected chi connectivity index (χ4v) is 2.46. The van der Waals surface area contributed by atoms with Crippen molar-refractivity contribution >= 4 is 5.69 Å². The van der Waals surface area contributed by atoms with Crippen molar-refractivity contribution < 1.29 is 4.74 Å². The van der Waals surface area contributed by atoms with Gasteiger partial charge in [0, 0.05) is 23.8 Å². The van der Waals surface area contributed by atoms with E-state index in [1.54, 1.807) is 0 Å². The minimum atomic E-state index is 0.157. The molecule has 1 aliphatic rings. The zero-order valence-electron chi connectivity index (χ0n) is 11.2. The zero-order valence-corrected chi connectivity index (χ0v) is 11.2. The molecule has 1 aromatic rings. The van der Waals surface area contributed by atoms with Crippen molar-refractivity contribution in [3.05, 3.63) is 29.8 Å². The van der Waals surface area contributed by atoms with Crippen LogP contribution in [0.2, 0.25) is 0 Å². The Balaban J connectivity index is 1.97. The van der Waals surface area contributed by atoms with E-state index in [0.717, 1.165) is 18.7 Å². The Morgan fingerprint density at radius 3 is 2.56 bits per heavy atom. The number of hydrogen-bond donors (Lipinski definition) is 1. The summed E-state index contributed by atoms with van der Waals surface area (Å²) in [5, 5.41) is 12.3. The molecule has 3 heteroatoms. The highest BCUT2D eigenvalue weighted by Gasteiger charge is 2.48. The largest absolute Gasteiger partial charge is 0.382 e. The highest BCUT2D eigenvalue weighted by atomic mass is 16.5. The maximum atomic E-state index is 8.76. The third kappa shape index (κ3) is 2.34. The third-order valence-electron chi connectivity index (χ3n) is 3.90. The topological polar surface area (TPSA) is 45.0 Å². The van der Waals surface area contributed by atoms with Gasteiger partial charge in [-0.05, 0) is 37.6 Å². The second-order valence-corrected chi connectivity index (χ2v) is 5.39. The van der Waals surface area contributed by atoms with Crippen molar-refractivity contribution in [1.29, 1.82) is 5.26 Å². The van der Waals surface area contributed by atoms with Gasteiger partial charge >= 0.3 is 0 Å². The minimum absolute atomic E-state index is 0.157. The van der Waals surface area contributed by atoms with Gasteiger partial charge in [-0.15, -0.1) is 0 Å². The van der Waals surface area contributed by atoms with Crippen LogP contribution < -0.4 is 5.32 Å². The van der Waals surface area contributed by atoms with Gasteiger partial charge in [-0.25, -0.2) is 0 Å². The van der Waals surface area contributed by atoms with E-state index in [0.29, 0.717) is 17.7 Å². The van der Waals surface area contributed by atoms with E-state index in [9.17, 15) is 0 Å². The molecule has 0 saturated heterocycles. The first-order valence-electron chi connectivity index (χ1n) is 6.46. The van der Waals surface area contributed by atoms with Gasteiger partial charge in [-0.3, -0.25) is 0 Å². The first kappa shape index (κ1) is 12.9. The van der Waals surface area contributed by atoms with Crippen LogP contribution in [-0.4, -0.2) is 18.8 Å². The number of rotatable bonds is 4. The monoisotopic (exact) mass is 244 g/mol. The molecule has 0 heterocycles. The highest BCUT2D eigenvalue weighted by molar-refractivity contribution is 5.48. The Bertz CT molecular complexity index is 445. The van der Waals surface area contributed by atoms with Crippen LogP contribution in [0.3, 0.4) is 0 Å². The quantitative estimate of drug-likeness (QED) is 0.884. The summed E-state index contributed by atoms with van der Waals surface area (Å²) in [6.45, 7) is 7.28. The number of benzene rings is 1. The van der Waals surface area contributed by atoms with Gasteiger partial charge in [0.05, 0.1) is 17.7 Å². The Labute approximate surface area is 109 Å². The molecule has 0 aromatic heterocycles. The van der Waals surface area contributed by atoms with Gasteiger partial charge in [0.25, 0.3) is 0 Å². The average molecular weight is 244 g/mol. The number of hydrogen-bond acceptors (Lipinski definition) is 3. The van der Waals surface area contributed by atoms with Crippen molar-refractivity contribution in [2.45, 2.75) is 39.3 Å². The van der Waals surface area contributed by atoms with E-state index in [2.05, 4.69) is 25.2 Å². The van der Waals surface area contributed by atoms with Crippen molar-refractivity contribution in [2.24, 2.45) is 5.41 Å². The van der Waals surface area contributed by atoms with Gasteiger partial charge < -0.3 is 10.1 Å². The molecule has 2 atom stereocenters. The standard InChI is InChI=1S/C15H20N2O/c1-4-18-14-9-13(15(14,2)3)17-12-7-5-11(10-16)6-8-12/h5-8,13-14,17H,4,9H2,1-3H3. The van der Waals surface area contributed by atoms with E-state index < -0.39 is 0 Å². The molecule has 1 fully saturated rings. The summed E-state index contributed by atoms with van der Waals surface area (Å²) in [4.78, 5) is 0. The first-order chi connectivity index (χ1) is 8.57. The van der Waals surface area contributed by atoms with Crippen LogP contribution in [0.25, 0.3) is 0 Å². The number of nitrogens with one attached hydrogen (secondary N) is 1. The number of anilines is 1. The van der Waals surface area contributed by atoms with Gasteiger partial charge in [0.15, 0.2) is 0 Å². The van der Waals surface area contributed by atoms with Crippen LogP contribution in [-0.2, 0) is 4.74 Å². The molecule has 18 heavy (non-hydrogen) atoms. The van der Waals surface area contributed by atoms with Crippen molar-refractivity contribution in [1.82, 2.24) is 0 Å². The van der Waals surface area contributed by atoms with E-state index in [1.807, 2.05) is 31.2 Å². The summed E-state index contributed by atoms with van der Waals surface area (Å²) in [5.41, 5.74) is 1.92. The smallest absolute Gasteiger partial charge is 0.0991 e. The molecule has 1 aromatic carbocycles. The second-order valence-electron chi connectivity index (χ2n) is 5.39. The number of nitrogens with zero attached hydrogens (tertiary/aromatic N) is 1. The van der Waals surface area contributed by atoms with E-state index in [-0.39, 0.29) is 5.41 Å². The lowest BCUT2D eigenvalue weighted by Gasteiger charge is -2.52. The lowest BCUT2D eigenvalue weighted by atomic mass is 9.64. The van der Waals surface area contributed by atoms with Crippen LogP contribution in [0, 0.1) is 16.7 Å². The van der Waals surface area contributed by atoms with Crippen molar-refractivity contribution in [3.8, 4) is 6.07 Å². The molecular formula is C15H20N2O. The van der Waals surface area contributed by atoms with Crippen LogP contribution in [0.1, 0.15) is 32.8 Å². The molecule has 2 rings (SSSR count). The van der Waals surface area contributed by atoms with Crippen molar-refractivity contribution in [2.75, 3.05) is 11.9 Å². The fraction of sp³-hybridized carbons (Fsp3) is 0.533. The SMILES string of the molecule is CCOC1CC(Nc2ccc(C#N)cc2)C1(C)C. The summed E-state index contributed by atoms with van der Waals surface area (Å²) in [5.74, 6) is 0. The summed E-state index contributed by atoms with van der Waals surface area (Å²) >= 11 is 0. The van der Waals surface area contributed by atoms with E-state index >= 15 is 0 Å². The maximum absolute atomic E-state index is 8.76. The van der Waals surface area contributed by atoms with Gasteiger partial charge in [-0.1, -0.05) is 13.8 Å². The first-order valence-corrected chi connectivity index (χ1v) is 6.46. The molecule has 0 bridgehead atoms. The minimum Gasteiger partial charge on any atom is -0.382 e. The van der Waals surface area contributed by atoms with E-state index in [4.69, 9.17) is 10.00 Å². The second kappa shape index (κ2) is 4.99. The Kier molecular flexibility index (Phi) is 3.58. The van der Waals surface area contributed by atoms with Crippen molar-refractivity contribution in [3.63, 3.8) is 0 Å². The third-order valence-corrected chi connectivity index (χ3v) is 3.90. The molecule has 3 nitrogen and oxygen atoms in total. The predicted molar refractivity (Wildman–Crippen MR) is 72.4 cm³/mol. The summed E-state index contributed by atoms with van der Waals surface area (Å²) in [6, 6.07) is 10.2. The van der Waals surface area contributed by atoms with Crippen LogP contribution in [0.15, 0.2) is 24.3 Å². The molecule has 0 radical (unpaired) electrons. The summed E-state index contributed by atoms with van der Waals surface area (Å²) < 4.78 is 5.71. The average Bonchev–Trinajstić information content (AvgIpc) is 2.38. The zero-order chi connectivity index (χ0) is 13.2. The molecule has 0 spiro atoms. The molecule has 1 N–H and O–H groups in total. The Morgan fingerprint density at radius 1 is 1.39 bits per heavy atom.